The molecule has 1 aliphatic rings. The van der Waals surface area contributed by atoms with Gasteiger partial charge in [-0.2, -0.15) is 0 Å². The minimum atomic E-state index is -3.65. The summed E-state index contributed by atoms with van der Waals surface area (Å²) in [6.07, 6.45) is 4.26. The Morgan fingerprint density at radius 1 is 1.53 bits per heavy atom. The summed E-state index contributed by atoms with van der Waals surface area (Å²) in [5.74, 6) is 5.27. The number of hydrogen-bond donors (Lipinski definition) is 3. The van der Waals surface area contributed by atoms with E-state index in [1.807, 2.05) is 0 Å². The van der Waals surface area contributed by atoms with Gasteiger partial charge in [0.1, 0.15) is 0 Å². The van der Waals surface area contributed by atoms with Crippen molar-refractivity contribution in [3.8, 4) is 0 Å². The van der Waals surface area contributed by atoms with Crippen LogP contribution in [0.2, 0.25) is 0 Å². The summed E-state index contributed by atoms with van der Waals surface area (Å²) in [6.45, 7) is 1.09. The van der Waals surface area contributed by atoms with Gasteiger partial charge >= 0.3 is 0 Å². The van der Waals surface area contributed by atoms with Gasteiger partial charge in [-0.25, -0.2) is 18.1 Å². The number of nitrogen functional groups attached to an aromatic ring is 1. The normalized spacial score (nSPS) is 19.5. The quantitative estimate of drug-likeness (QED) is 0.510. The Hall–Kier alpha value is -1.22. The van der Waals surface area contributed by atoms with Gasteiger partial charge in [-0.3, -0.25) is 5.84 Å². The molecule has 1 atom stereocenters. The second-order valence-electron chi connectivity index (χ2n) is 4.32. The van der Waals surface area contributed by atoms with E-state index in [0.29, 0.717) is 13.0 Å². The molecule has 0 spiro atoms. The maximum Gasteiger partial charge on any atom is 0.260 e. The number of anilines is 1. The van der Waals surface area contributed by atoms with Crippen LogP contribution in [-0.2, 0) is 14.8 Å². The highest BCUT2D eigenvalue weighted by molar-refractivity contribution is 7.89. The van der Waals surface area contributed by atoms with Crippen LogP contribution in [0.15, 0.2) is 23.4 Å². The molecule has 106 valence electrons. The fraction of sp³-hybridized carbons (Fsp3) is 0.545. The maximum atomic E-state index is 12.1. The summed E-state index contributed by atoms with van der Waals surface area (Å²) in [5, 5.41) is -0.0927. The van der Waals surface area contributed by atoms with Crippen molar-refractivity contribution >= 4 is 15.7 Å². The predicted octanol–water partition coefficient (Wildman–Crippen LogP) is 0.215. The number of aromatic nitrogens is 1. The summed E-state index contributed by atoms with van der Waals surface area (Å²) in [5.41, 5.74) is 2.60. The van der Waals surface area contributed by atoms with Gasteiger partial charge in [0.25, 0.3) is 10.0 Å². The lowest BCUT2D eigenvalue weighted by Crippen LogP contribution is -2.29. The molecule has 1 aliphatic heterocycles. The second-order valence-corrected chi connectivity index (χ2v) is 6.00. The Bertz CT molecular complexity index is 514. The molecular formula is C11H18N4O3S. The molecule has 8 heteroatoms. The first-order valence-electron chi connectivity index (χ1n) is 6.16. The first kappa shape index (κ1) is 14.2. The highest BCUT2D eigenvalue weighted by Gasteiger charge is 2.21. The zero-order valence-electron chi connectivity index (χ0n) is 10.5. The van der Waals surface area contributed by atoms with Gasteiger partial charge in [0.05, 0.1) is 11.8 Å². The third-order valence-electron chi connectivity index (χ3n) is 2.96. The largest absolute Gasteiger partial charge is 0.378 e. The van der Waals surface area contributed by atoms with E-state index < -0.39 is 10.0 Å². The van der Waals surface area contributed by atoms with Gasteiger partial charge in [-0.15, -0.1) is 0 Å². The van der Waals surface area contributed by atoms with Crippen LogP contribution in [0, 0.1) is 0 Å². The van der Waals surface area contributed by atoms with Gasteiger partial charge < -0.3 is 10.2 Å². The second kappa shape index (κ2) is 6.29. The molecule has 1 aromatic heterocycles. The number of sulfonamides is 1. The number of ether oxygens (including phenoxy) is 1. The zero-order valence-corrected chi connectivity index (χ0v) is 11.3. The molecule has 0 radical (unpaired) electrons. The predicted molar refractivity (Wildman–Crippen MR) is 70.8 cm³/mol. The molecule has 0 bridgehead atoms. The van der Waals surface area contributed by atoms with Crippen molar-refractivity contribution < 1.29 is 13.2 Å². The van der Waals surface area contributed by atoms with E-state index in [-0.39, 0.29) is 16.8 Å². The van der Waals surface area contributed by atoms with Crippen molar-refractivity contribution in [2.75, 3.05) is 18.6 Å². The first-order chi connectivity index (χ1) is 9.13. The number of pyridine rings is 1. The van der Waals surface area contributed by atoms with Crippen molar-refractivity contribution in [1.82, 2.24) is 9.71 Å². The van der Waals surface area contributed by atoms with Gasteiger partial charge in [0.15, 0.2) is 5.03 Å². The number of hydrazine groups is 1. The van der Waals surface area contributed by atoms with Gasteiger partial charge in [0.2, 0.25) is 0 Å². The average molecular weight is 286 g/mol. The number of hydrogen-bond acceptors (Lipinski definition) is 6. The van der Waals surface area contributed by atoms with E-state index in [0.717, 1.165) is 19.4 Å². The summed E-state index contributed by atoms with van der Waals surface area (Å²) < 4.78 is 32.1. The van der Waals surface area contributed by atoms with Crippen LogP contribution in [0.4, 0.5) is 5.69 Å². The molecule has 19 heavy (non-hydrogen) atoms. The van der Waals surface area contributed by atoms with E-state index in [1.165, 1.54) is 6.20 Å². The lowest BCUT2D eigenvalue weighted by molar-refractivity contribution is 0.105. The van der Waals surface area contributed by atoms with Crippen molar-refractivity contribution in [3.05, 3.63) is 18.3 Å². The van der Waals surface area contributed by atoms with Crippen LogP contribution in [0.3, 0.4) is 0 Å². The molecule has 7 nitrogen and oxygen atoms in total. The number of nitrogens with zero attached hydrogens (tertiary/aromatic N) is 1. The van der Waals surface area contributed by atoms with Gasteiger partial charge in [0, 0.05) is 19.3 Å². The molecule has 1 unspecified atom stereocenters. The van der Waals surface area contributed by atoms with Crippen molar-refractivity contribution in [2.45, 2.75) is 30.4 Å². The fourth-order valence-corrected chi connectivity index (χ4v) is 3.15. The van der Waals surface area contributed by atoms with Crippen LogP contribution in [-0.4, -0.2) is 32.7 Å². The molecule has 1 aromatic rings. The lowest BCUT2D eigenvalue weighted by atomic mass is 10.2. The van der Waals surface area contributed by atoms with E-state index in [4.69, 9.17) is 10.6 Å². The van der Waals surface area contributed by atoms with E-state index >= 15 is 0 Å². The van der Waals surface area contributed by atoms with Crippen LogP contribution >= 0.6 is 0 Å². The summed E-state index contributed by atoms with van der Waals surface area (Å²) in [4.78, 5) is 3.85. The SMILES string of the molecule is NNc1cccnc1S(=O)(=O)NCCC1CCCO1. The fourth-order valence-electron chi connectivity index (χ4n) is 2.01. The highest BCUT2D eigenvalue weighted by Crippen LogP contribution is 2.17. The topological polar surface area (TPSA) is 106 Å². The van der Waals surface area contributed by atoms with Crippen LogP contribution in [0.5, 0.6) is 0 Å². The molecule has 2 heterocycles. The Morgan fingerprint density at radius 3 is 3.05 bits per heavy atom. The number of nitrogens with two attached hydrogens (primary N) is 1. The first-order valence-corrected chi connectivity index (χ1v) is 7.64. The smallest absolute Gasteiger partial charge is 0.260 e. The molecule has 0 amide bonds. The summed E-state index contributed by atoms with van der Waals surface area (Å²) in [6, 6.07) is 3.17. The Balaban J connectivity index is 1.97. The molecule has 0 aromatic carbocycles. The molecule has 2 rings (SSSR count). The molecule has 0 saturated carbocycles. The van der Waals surface area contributed by atoms with Crippen LogP contribution in [0.1, 0.15) is 19.3 Å². The monoisotopic (exact) mass is 286 g/mol. The average Bonchev–Trinajstić information content (AvgIpc) is 2.91. The molecule has 0 aliphatic carbocycles. The molecular weight excluding hydrogens is 268 g/mol. The molecule has 4 N–H and O–H groups in total. The standard InChI is InChI=1S/C11H18N4O3S/c12-15-10-4-1-6-13-11(10)19(16,17)14-7-5-9-3-2-8-18-9/h1,4,6,9,14-15H,2-3,5,7-8,12H2. The van der Waals surface area contributed by atoms with Gasteiger partial charge in [-0.05, 0) is 31.4 Å². The van der Waals surface area contributed by atoms with E-state index in [1.54, 1.807) is 12.1 Å². The van der Waals surface area contributed by atoms with E-state index in [9.17, 15) is 8.42 Å². The minimum Gasteiger partial charge on any atom is -0.378 e. The highest BCUT2D eigenvalue weighted by atomic mass is 32.2. The third-order valence-corrected chi connectivity index (χ3v) is 4.38. The maximum absolute atomic E-state index is 12.1. The number of rotatable bonds is 6. The zero-order chi connectivity index (χ0) is 13.7. The Morgan fingerprint density at radius 2 is 2.37 bits per heavy atom. The van der Waals surface area contributed by atoms with Crippen molar-refractivity contribution in [3.63, 3.8) is 0 Å². The van der Waals surface area contributed by atoms with E-state index in [2.05, 4.69) is 15.1 Å². The molecule has 1 fully saturated rings. The van der Waals surface area contributed by atoms with Crippen molar-refractivity contribution in [2.24, 2.45) is 5.84 Å². The summed E-state index contributed by atoms with van der Waals surface area (Å²) in [7, 11) is -3.65. The minimum absolute atomic E-state index is 0.0927. The summed E-state index contributed by atoms with van der Waals surface area (Å²) >= 11 is 0. The van der Waals surface area contributed by atoms with Crippen LogP contribution in [0.25, 0.3) is 0 Å². The lowest BCUT2D eigenvalue weighted by Gasteiger charge is -2.12. The van der Waals surface area contributed by atoms with Gasteiger partial charge in [-0.1, -0.05) is 0 Å². The van der Waals surface area contributed by atoms with Crippen molar-refractivity contribution in [1.29, 1.82) is 0 Å². The third kappa shape index (κ3) is 3.63. The number of nitrogens with one attached hydrogen (secondary N) is 2. The Labute approximate surface area is 112 Å². The Kier molecular flexibility index (Phi) is 4.70. The van der Waals surface area contributed by atoms with Crippen LogP contribution < -0.4 is 16.0 Å². The molecule has 1 saturated heterocycles.